The van der Waals surface area contributed by atoms with Gasteiger partial charge in [0.2, 0.25) is 5.91 Å². The summed E-state index contributed by atoms with van der Waals surface area (Å²) < 4.78 is 35.0. The molecule has 0 unspecified atom stereocenters. The topological polar surface area (TPSA) is 49.4 Å². The van der Waals surface area contributed by atoms with Crippen LogP contribution >= 0.6 is 0 Å². The minimum Gasteiger partial charge on any atom is -0.306 e. The lowest BCUT2D eigenvalue weighted by molar-refractivity contribution is -0.139. The van der Waals surface area contributed by atoms with Gasteiger partial charge in [0.1, 0.15) is 13.1 Å². The number of imide groups is 1. The van der Waals surface area contributed by atoms with Crippen molar-refractivity contribution in [2.45, 2.75) is 6.18 Å². The van der Waals surface area contributed by atoms with Crippen molar-refractivity contribution in [3.8, 4) is 0 Å². The average molecular weight is 182 g/mol. The van der Waals surface area contributed by atoms with Crippen LogP contribution in [-0.2, 0) is 4.79 Å². The molecule has 1 heterocycles. The Hall–Kier alpha value is -1.27. The number of hydrogen-bond donors (Lipinski definition) is 1. The second-order valence-electron chi connectivity index (χ2n) is 2.32. The van der Waals surface area contributed by atoms with Crippen molar-refractivity contribution in [2.75, 3.05) is 13.1 Å². The highest BCUT2D eigenvalue weighted by molar-refractivity contribution is 6.01. The number of urea groups is 1. The molecule has 0 bridgehead atoms. The maximum absolute atomic E-state index is 11.7. The zero-order chi connectivity index (χ0) is 9.35. The Morgan fingerprint density at radius 1 is 1.42 bits per heavy atom. The molecule has 0 aromatic carbocycles. The van der Waals surface area contributed by atoms with Crippen LogP contribution in [0, 0.1) is 0 Å². The Morgan fingerprint density at radius 3 is 2.33 bits per heavy atom. The van der Waals surface area contributed by atoms with Crippen molar-refractivity contribution in [1.82, 2.24) is 10.2 Å². The molecule has 0 atom stereocenters. The summed E-state index contributed by atoms with van der Waals surface area (Å²) in [6, 6.07) is -0.989. The van der Waals surface area contributed by atoms with Gasteiger partial charge in [-0.3, -0.25) is 10.1 Å². The predicted octanol–water partition coefficient (Wildman–Crippen LogP) is 0.101. The molecule has 0 radical (unpaired) electrons. The third kappa shape index (κ3) is 2.11. The van der Waals surface area contributed by atoms with Gasteiger partial charge in [0.05, 0.1) is 0 Å². The maximum atomic E-state index is 11.7. The predicted molar refractivity (Wildman–Crippen MR) is 31.2 cm³/mol. The normalized spacial score (nSPS) is 18.4. The van der Waals surface area contributed by atoms with Crippen LogP contribution in [0.4, 0.5) is 18.0 Å². The second-order valence-corrected chi connectivity index (χ2v) is 2.32. The van der Waals surface area contributed by atoms with Crippen LogP contribution < -0.4 is 5.32 Å². The largest absolute Gasteiger partial charge is 0.406 e. The fraction of sp³-hybridized carbons (Fsp3) is 0.600. The molecule has 12 heavy (non-hydrogen) atoms. The Kier molecular flexibility index (Phi) is 1.95. The van der Waals surface area contributed by atoms with Crippen molar-refractivity contribution in [1.29, 1.82) is 0 Å². The van der Waals surface area contributed by atoms with Gasteiger partial charge in [-0.25, -0.2) is 4.79 Å². The van der Waals surface area contributed by atoms with E-state index >= 15 is 0 Å². The van der Waals surface area contributed by atoms with Crippen LogP contribution in [0.1, 0.15) is 0 Å². The molecule has 1 aliphatic heterocycles. The lowest BCUT2D eigenvalue weighted by Gasteiger charge is -2.14. The molecule has 1 aliphatic rings. The van der Waals surface area contributed by atoms with Gasteiger partial charge in [-0.1, -0.05) is 0 Å². The lowest BCUT2D eigenvalue weighted by Crippen LogP contribution is -2.36. The monoisotopic (exact) mass is 182 g/mol. The van der Waals surface area contributed by atoms with E-state index in [-0.39, 0.29) is 0 Å². The number of halogens is 3. The molecule has 1 rings (SSSR count). The minimum absolute atomic E-state index is 0.405. The highest BCUT2D eigenvalue weighted by Crippen LogP contribution is 2.17. The van der Waals surface area contributed by atoms with E-state index in [0.717, 1.165) is 0 Å². The standard InChI is InChI=1S/C5H5F3N2O2/c6-5(7,8)2-10-1-3(11)9-4(10)12/h1-2H2,(H,9,11,12). The van der Waals surface area contributed by atoms with Gasteiger partial charge in [0.25, 0.3) is 0 Å². The molecular formula is C5H5F3N2O2. The Bertz CT molecular complexity index is 225. The molecule has 1 fully saturated rings. The smallest absolute Gasteiger partial charge is 0.306 e. The highest BCUT2D eigenvalue weighted by atomic mass is 19.4. The van der Waals surface area contributed by atoms with Gasteiger partial charge >= 0.3 is 12.2 Å². The quantitative estimate of drug-likeness (QED) is 0.584. The van der Waals surface area contributed by atoms with Gasteiger partial charge < -0.3 is 4.90 Å². The third-order valence-corrected chi connectivity index (χ3v) is 1.24. The van der Waals surface area contributed by atoms with E-state index in [1.807, 2.05) is 0 Å². The average Bonchev–Trinajstić information content (AvgIpc) is 2.06. The number of nitrogens with zero attached hydrogens (tertiary/aromatic N) is 1. The van der Waals surface area contributed by atoms with Crippen LogP contribution in [0.3, 0.4) is 0 Å². The van der Waals surface area contributed by atoms with E-state index in [2.05, 4.69) is 0 Å². The molecule has 0 spiro atoms. The summed E-state index contributed by atoms with van der Waals surface area (Å²) >= 11 is 0. The molecule has 3 amide bonds. The SMILES string of the molecule is O=C1CN(CC(F)(F)F)C(=O)N1. The first-order valence-corrected chi connectivity index (χ1v) is 3.04. The van der Waals surface area contributed by atoms with E-state index < -0.39 is 31.2 Å². The fourth-order valence-corrected chi connectivity index (χ4v) is 0.827. The number of hydrogen-bond acceptors (Lipinski definition) is 2. The van der Waals surface area contributed by atoms with Crippen LogP contribution in [0.25, 0.3) is 0 Å². The molecule has 68 valence electrons. The summed E-state index contributed by atoms with van der Waals surface area (Å²) in [5.41, 5.74) is 0. The Morgan fingerprint density at radius 2 is 2.00 bits per heavy atom. The molecular weight excluding hydrogens is 177 g/mol. The summed E-state index contributed by atoms with van der Waals surface area (Å²) in [6.45, 7) is -1.90. The van der Waals surface area contributed by atoms with Crippen molar-refractivity contribution < 1.29 is 22.8 Å². The van der Waals surface area contributed by atoms with Gasteiger partial charge in [0.15, 0.2) is 0 Å². The Balaban J connectivity index is 2.54. The van der Waals surface area contributed by atoms with E-state index in [4.69, 9.17) is 0 Å². The minimum atomic E-state index is -4.46. The number of carbonyl (C=O) groups is 2. The van der Waals surface area contributed by atoms with Gasteiger partial charge in [-0.05, 0) is 0 Å². The highest BCUT2D eigenvalue weighted by Gasteiger charge is 2.37. The molecule has 0 aromatic rings. The first-order chi connectivity index (χ1) is 5.38. The molecule has 0 aromatic heterocycles. The molecule has 0 saturated carbocycles. The van der Waals surface area contributed by atoms with E-state index in [1.165, 1.54) is 0 Å². The number of nitrogens with one attached hydrogen (secondary N) is 1. The summed E-state index contributed by atoms with van der Waals surface area (Å²) in [4.78, 5) is 21.4. The first kappa shape index (κ1) is 8.82. The van der Waals surface area contributed by atoms with Crippen molar-refractivity contribution in [3.05, 3.63) is 0 Å². The summed E-state index contributed by atoms with van der Waals surface area (Å²) in [5.74, 6) is -0.704. The van der Waals surface area contributed by atoms with E-state index in [1.54, 1.807) is 5.32 Å². The van der Waals surface area contributed by atoms with Crippen LogP contribution in [-0.4, -0.2) is 36.1 Å². The number of amides is 3. The molecule has 7 heteroatoms. The van der Waals surface area contributed by atoms with E-state index in [0.29, 0.717) is 4.90 Å². The van der Waals surface area contributed by atoms with Crippen molar-refractivity contribution >= 4 is 11.9 Å². The molecule has 1 saturated heterocycles. The van der Waals surface area contributed by atoms with Crippen molar-refractivity contribution in [3.63, 3.8) is 0 Å². The molecule has 1 N–H and O–H groups in total. The van der Waals surface area contributed by atoms with Crippen LogP contribution in [0.2, 0.25) is 0 Å². The van der Waals surface area contributed by atoms with Crippen LogP contribution in [0.5, 0.6) is 0 Å². The second kappa shape index (κ2) is 2.65. The fourth-order valence-electron chi connectivity index (χ4n) is 0.827. The third-order valence-electron chi connectivity index (χ3n) is 1.24. The zero-order valence-electron chi connectivity index (χ0n) is 5.81. The van der Waals surface area contributed by atoms with Gasteiger partial charge in [-0.15, -0.1) is 0 Å². The summed E-state index contributed by atoms with van der Waals surface area (Å²) in [6.07, 6.45) is -4.46. The summed E-state index contributed by atoms with van der Waals surface area (Å²) in [5, 5.41) is 1.74. The number of rotatable bonds is 1. The van der Waals surface area contributed by atoms with E-state index in [9.17, 15) is 22.8 Å². The Labute approximate surface area is 65.3 Å². The maximum Gasteiger partial charge on any atom is 0.406 e. The van der Waals surface area contributed by atoms with Crippen molar-refractivity contribution in [2.24, 2.45) is 0 Å². The molecule has 4 nitrogen and oxygen atoms in total. The summed E-state index contributed by atoms with van der Waals surface area (Å²) in [7, 11) is 0. The van der Waals surface area contributed by atoms with Gasteiger partial charge in [0, 0.05) is 0 Å². The number of carbonyl (C=O) groups excluding carboxylic acids is 2. The van der Waals surface area contributed by atoms with Gasteiger partial charge in [-0.2, -0.15) is 13.2 Å². The number of alkyl halides is 3. The first-order valence-electron chi connectivity index (χ1n) is 3.04. The van der Waals surface area contributed by atoms with Crippen LogP contribution in [0.15, 0.2) is 0 Å². The zero-order valence-corrected chi connectivity index (χ0v) is 5.81. The lowest BCUT2D eigenvalue weighted by atomic mass is 10.5. The molecule has 0 aliphatic carbocycles.